The first kappa shape index (κ1) is 19.3. The molecule has 0 N–H and O–H groups in total. The Morgan fingerprint density at radius 2 is 0.968 bits per heavy atom. The van der Waals surface area contributed by atoms with Gasteiger partial charge in [0.1, 0.15) is 0 Å². The Morgan fingerprint density at radius 1 is 0.548 bits per heavy atom. The molecule has 0 saturated carbocycles. The van der Waals surface area contributed by atoms with Crippen LogP contribution in [-0.2, 0) is 4.57 Å². The predicted octanol–water partition coefficient (Wildman–Crippen LogP) is 5.65. The zero-order chi connectivity index (χ0) is 21.1. The fourth-order valence-electron chi connectivity index (χ4n) is 3.68. The third-order valence-corrected chi connectivity index (χ3v) is 8.15. The molecule has 4 heteroatoms. The molecule has 5 rings (SSSR count). The van der Waals surface area contributed by atoms with Gasteiger partial charge >= 0.3 is 0 Å². The molecule has 31 heavy (non-hydrogen) atoms. The molecule has 0 aliphatic rings. The Hall–Kier alpha value is -3.68. The molecule has 0 radical (unpaired) electrons. The molecule has 4 aromatic carbocycles. The molecule has 0 amide bonds. The smallest absolute Gasteiger partial charge is 0.227 e. The molecular weight excluding hydrogens is 401 g/mol. The molecule has 0 bridgehead atoms. The van der Waals surface area contributed by atoms with Crippen molar-refractivity contribution in [1.82, 2.24) is 4.98 Å². The maximum atomic E-state index is 14.9. The number of aromatic nitrogens is 1. The molecule has 3 nitrogen and oxygen atoms in total. The highest BCUT2D eigenvalue weighted by atomic mass is 31.2. The third kappa shape index (κ3) is 3.54. The van der Waals surface area contributed by atoms with Gasteiger partial charge in [-0.3, -0.25) is 0 Å². The lowest BCUT2D eigenvalue weighted by atomic mass is 10.2. The largest absolute Gasteiger partial charge is 0.435 e. The molecule has 1 heterocycles. The molecule has 0 saturated heterocycles. The second-order valence-corrected chi connectivity index (χ2v) is 9.86. The van der Waals surface area contributed by atoms with Gasteiger partial charge in [-0.2, -0.15) is 0 Å². The quantitative estimate of drug-likeness (QED) is 0.345. The second kappa shape index (κ2) is 8.22. The number of hydrogen-bond donors (Lipinski definition) is 0. The summed E-state index contributed by atoms with van der Waals surface area (Å²) in [6.45, 7) is 0. The van der Waals surface area contributed by atoms with Gasteiger partial charge in [0, 0.05) is 21.7 Å². The Balaban J connectivity index is 1.82. The summed E-state index contributed by atoms with van der Waals surface area (Å²) < 4.78 is 21.2. The highest BCUT2D eigenvalue weighted by Gasteiger charge is 2.37. The number of hydrogen-bond acceptors (Lipinski definition) is 3. The van der Waals surface area contributed by atoms with Crippen LogP contribution in [0.15, 0.2) is 126 Å². The maximum Gasteiger partial charge on any atom is 0.227 e. The number of nitrogens with zero attached hydrogens (tertiary/aromatic N) is 1. The first-order valence-electron chi connectivity index (χ1n) is 10.1. The average molecular weight is 421 g/mol. The molecule has 150 valence electrons. The number of rotatable bonds is 5. The van der Waals surface area contributed by atoms with Gasteiger partial charge in [0.25, 0.3) is 0 Å². The van der Waals surface area contributed by atoms with Crippen LogP contribution in [0.2, 0.25) is 0 Å². The summed E-state index contributed by atoms with van der Waals surface area (Å²) in [7, 11) is -3.28. The van der Waals surface area contributed by atoms with Crippen molar-refractivity contribution < 1.29 is 8.98 Å². The average Bonchev–Trinajstić information content (AvgIpc) is 3.32. The van der Waals surface area contributed by atoms with Crippen molar-refractivity contribution in [2.75, 3.05) is 0 Å². The van der Waals surface area contributed by atoms with Crippen LogP contribution in [0.5, 0.6) is 0 Å². The van der Waals surface area contributed by atoms with E-state index < -0.39 is 7.14 Å². The monoisotopic (exact) mass is 421 g/mol. The van der Waals surface area contributed by atoms with E-state index in [0.717, 1.165) is 21.7 Å². The summed E-state index contributed by atoms with van der Waals surface area (Å²) in [5.41, 5.74) is 2.16. The minimum atomic E-state index is -3.28. The highest BCUT2D eigenvalue weighted by molar-refractivity contribution is 7.85. The third-order valence-electron chi connectivity index (χ3n) is 5.20. The van der Waals surface area contributed by atoms with Crippen LogP contribution in [0.3, 0.4) is 0 Å². The lowest BCUT2D eigenvalue weighted by Gasteiger charge is -2.18. The van der Waals surface area contributed by atoms with Crippen molar-refractivity contribution in [1.29, 1.82) is 0 Å². The van der Waals surface area contributed by atoms with Crippen LogP contribution >= 0.6 is 7.14 Å². The lowest BCUT2D eigenvalue weighted by Crippen LogP contribution is -2.27. The van der Waals surface area contributed by atoms with E-state index in [-0.39, 0.29) is 0 Å². The standard InChI is InChI=1S/C27H20NO2P/c29-31(23-17-9-3-10-18-23,24-19-11-4-12-20-24)27-25(21-13-5-1-6-14-21)30-26(28-27)22-15-7-2-8-16-22/h1-20H. The molecule has 1 aromatic heterocycles. The van der Waals surface area contributed by atoms with Gasteiger partial charge in [-0.15, -0.1) is 0 Å². The zero-order valence-electron chi connectivity index (χ0n) is 16.8. The van der Waals surface area contributed by atoms with Gasteiger partial charge in [-0.1, -0.05) is 109 Å². The van der Waals surface area contributed by atoms with Crippen LogP contribution in [0, 0.1) is 0 Å². The Labute approximate surface area is 181 Å². The summed E-state index contributed by atoms with van der Waals surface area (Å²) in [6.07, 6.45) is 0. The van der Waals surface area contributed by atoms with Crippen LogP contribution in [-0.4, -0.2) is 4.98 Å². The van der Waals surface area contributed by atoms with E-state index >= 15 is 0 Å². The Kier molecular flexibility index (Phi) is 5.11. The van der Waals surface area contributed by atoms with Gasteiger partial charge in [-0.25, -0.2) is 4.98 Å². The molecule has 0 fully saturated rings. The van der Waals surface area contributed by atoms with E-state index in [1.54, 1.807) is 0 Å². The van der Waals surface area contributed by atoms with Gasteiger partial charge in [0.15, 0.2) is 18.3 Å². The summed E-state index contributed by atoms with van der Waals surface area (Å²) in [5.74, 6) is 0.997. The van der Waals surface area contributed by atoms with Crippen molar-refractivity contribution >= 4 is 23.2 Å². The van der Waals surface area contributed by atoms with Crippen LogP contribution in [0.4, 0.5) is 0 Å². The molecule has 0 spiro atoms. The van der Waals surface area contributed by atoms with Crippen molar-refractivity contribution in [3.63, 3.8) is 0 Å². The summed E-state index contributed by atoms with van der Waals surface area (Å²) in [5, 5.41) is 1.46. The van der Waals surface area contributed by atoms with E-state index in [9.17, 15) is 4.57 Å². The number of oxazole rings is 1. The van der Waals surface area contributed by atoms with Crippen LogP contribution in [0.1, 0.15) is 0 Å². The Bertz CT molecular complexity index is 1290. The van der Waals surface area contributed by atoms with Gasteiger partial charge in [0.2, 0.25) is 5.89 Å². The maximum absolute atomic E-state index is 14.9. The fraction of sp³-hybridized carbons (Fsp3) is 0. The first-order valence-corrected chi connectivity index (χ1v) is 11.8. The fourth-order valence-corrected chi connectivity index (χ4v) is 6.34. The minimum Gasteiger partial charge on any atom is -0.435 e. The van der Waals surface area contributed by atoms with Crippen molar-refractivity contribution in [2.45, 2.75) is 0 Å². The second-order valence-electron chi connectivity index (χ2n) is 7.18. The van der Waals surface area contributed by atoms with Crippen molar-refractivity contribution in [2.24, 2.45) is 0 Å². The molecule has 0 aliphatic heterocycles. The first-order chi connectivity index (χ1) is 15.3. The molecule has 5 aromatic rings. The van der Waals surface area contributed by atoms with E-state index in [0.29, 0.717) is 17.1 Å². The van der Waals surface area contributed by atoms with Crippen LogP contribution < -0.4 is 16.0 Å². The molecular formula is C27H20NO2P. The van der Waals surface area contributed by atoms with E-state index in [1.165, 1.54) is 0 Å². The van der Waals surface area contributed by atoms with Gasteiger partial charge in [-0.05, 0) is 12.1 Å². The zero-order valence-corrected chi connectivity index (χ0v) is 17.7. The molecule has 0 aliphatic carbocycles. The predicted molar refractivity (Wildman–Crippen MR) is 127 cm³/mol. The Morgan fingerprint density at radius 3 is 1.45 bits per heavy atom. The lowest BCUT2D eigenvalue weighted by molar-refractivity contribution is 0.587. The molecule has 0 atom stereocenters. The number of benzene rings is 4. The van der Waals surface area contributed by atoms with Crippen LogP contribution in [0.25, 0.3) is 22.8 Å². The minimum absolute atomic E-state index is 0.460. The molecule has 0 unspecified atom stereocenters. The highest BCUT2D eigenvalue weighted by Crippen LogP contribution is 2.45. The van der Waals surface area contributed by atoms with E-state index in [4.69, 9.17) is 9.40 Å². The van der Waals surface area contributed by atoms with E-state index in [1.807, 2.05) is 121 Å². The summed E-state index contributed by atoms with van der Waals surface area (Å²) >= 11 is 0. The van der Waals surface area contributed by atoms with Crippen molar-refractivity contribution in [3.05, 3.63) is 121 Å². The normalized spacial score (nSPS) is 11.4. The van der Waals surface area contributed by atoms with Crippen molar-refractivity contribution in [3.8, 4) is 22.8 Å². The van der Waals surface area contributed by atoms with Gasteiger partial charge < -0.3 is 8.98 Å². The summed E-state index contributed by atoms with van der Waals surface area (Å²) in [6, 6.07) is 38.6. The topological polar surface area (TPSA) is 43.1 Å². The summed E-state index contributed by atoms with van der Waals surface area (Å²) in [4.78, 5) is 4.85. The SMILES string of the molecule is O=P(c1ccccc1)(c1ccccc1)c1nc(-c2ccccc2)oc1-c1ccccc1. The van der Waals surface area contributed by atoms with Gasteiger partial charge in [0.05, 0.1) is 0 Å². The van der Waals surface area contributed by atoms with E-state index in [2.05, 4.69) is 0 Å².